The van der Waals surface area contributed by atoms with Crippen LogP contribution in [0.25, 0.3) is 0 Å². The first-order chi connectivity index (χ1) is 3.70. The minimum absolute atomic E-state index is 1.30. The van der Waals surface area contributed by atoms with E-state index in [-0.39, 0.29) is 0 Å². The second-order valence-electron chi connectivity index (χ2n) is 1.19. The largest absolute Gasteiger partial charge is 0.513 e. The van der Waals surface area contributed by atoms with E-state index >= 15 is 0 Å². The Morgan fingerprint density at radius 2 is 1.62 bits per heavy atom. The second-order valence-corrected chi connectivity index (χ2v) is 1.19. The van der Waals surface area contributed by atoms with Crippen molar-refractivity contribution >= 4 is 6.16 Å². The van der Waals surface area contributed by atoms with Crippen molar-refractivity contribution in [2.75, 3.05) is 0 Å². The summed E-state index contributed by atoms with van der Waals surface area (Å²) < 4.78 is 30.4. The molecular formula is C3H2F2O3. The lowest BCUT2D eigenvalue weighted by Gasteiger charge is -1.92. The van der Waals surface area contributed by atoms with E-state index in [9.17, 15) is 13.6 Å². The zero-order chi connectivity index (χ0) is 6.15. The molecular weight excluding hydrogens is 122 g/mol. The quantitative estimate of drug-likeness (QED) is 0.447. The van der Waals surface area contributed by atoms with Crippen LogP contribution in [0.15, 0.2) is 0 Å². The second kappa shape index (κ2) is 1.57. The minimum Gasteiger partial charge on any atom is -0.392 e. The number of carbonyl (C=O) groups is 1. The van der Waals surface area contributed by atoms with Crippen LogP contribution in [-0.4, -0.2) is 18.9 Å². The Morgan fingerprint density at radius 3 is 1.75 bits per heavy atom. The standard InChI is InChI=1S/C3H2F2O3/c4-1-2(5)8-3(6)7-1/h1-2H/t1-,2-/m1/s1. The van der Waals surface area contributed by atoms with Crippen LogP contribution in [0, 0.1) is 0 Å². The van der Waals surface area contributed by atoms with Crippen molar-refractivity contribution in [3.05, 3.63) is 0 Å². The van der Waals surface area contributed by atoms with Gasteiger partial charge >= 0.3 is 18.9 Å². The summed E-state index contributed by atoms with van der Waals surface area (Å²) in [6.07, 6.45) is -5.80. The SMILES string of the molecule is O=C1O[C@@H](F)[C@H](F)O1. The number of cyclic esters (lactones) is 2. The molecule has 1 aliphatic heterocycles. The fraction of sp³-hybridized carbons (Fsp3) is 0.667. The van der Waals surface area contributed by atoms with Gasteiger partial charge in [0.25, 0.3) is 0 Å². The summed E-state index contributed by atoms with van der Waals surface area (Å²) in [7, 11) is 0. The monoisotopic (exact) mass is 124 g/mol. The zero-order valence-corrected chi connectivity index (χ0v) is 3.64. The first-order valence-corrected chi connectivity index (χ1v) is 1.85. The number of hydrogen-bond donors (Lipinski definition) is 0. The summed E-state index contributed by atoms with van der Waals surface area (Å²) in [5.74, 6) is 0. The van der Waals surface area contributed by atoms with Gasteiger partial charge in [-0.25, -0.2) is 4.79 Å². The van der Waals surface area contributed by atoms with E-state index in [4.69, 9.17) is 0 Å². The first kappa shape index (κ1) is 5.27. The van der Waals surface area contributed by atoms with Crippen LogP contribution in [0.3, 0.4) is 0 Å². The van der Waals surface area contributed by atoms with E-state index in [0.717, 1.165) is 0 Å². The first-order valence-electron chi connectivity index (χ1n) is 1.85. The molecule has 1 aliphatic rings. The van der Waals surface area contributed by atoms with Crippen LogP contribution in [0.1, 0.15) is 0 Å². The molecule has 1 heterocycles. The highest BCUT2D eigenvalue weighted by molar-refractivity contribution is 5.61. The molecule has 0 N–H and O–H groups in total. The lowest BCUT2D eigenvalue weighted by Crippen LogP contribution is -2.09. The number of alkyl halides is 2. The molecule has 0 aromatic heterocycles. The highest BCUT2D eigenvalue weighted by Gasteiger charge is 2.36. The molecule has 0 saturated carbocycles. The highest BCUT2D eigenvalue weighted by Crippen LogP contribution is 2.16. The number of carbonyl (C=O) groups excluding carboxylic acids is 1. The van der Waals surface area contributed by atoms with E-state index < -0.39 is 18.9 Å². The maximum atomic E-state index is 11.6. The van der Waals surface area contributed by atoms with Crippen LogP contribution in [0.4, 0.5) is 13.6 Å². The van der Waals surface area contributed by atoms with Crippen LogP contribution in [0.2, 0.25) is 0 Å². The predicted octanol–water partition coefficient (Wildman–Crippen LogP) is 0.744. The van der Waals surface area contributed by atoms with Gasteiger partial charge in [-0.3, -0.25) is 0 Å². The molecule has 46 valence electrons. The molecule has 0 amide bonds. The molecule has 0 aromatic carbocycles. The Morgan fingerprint density at radius 1 is 1.25 bits per heavy atom. The van der Waals surface area contributed by atoms with Gasteiger partial charge in [-0.05, 0) is 0 Å². The summed E-state index contributed by atoms with van der Waals surface area (Å²) in [6, 6.07) is 0. The molecule has 0 aromatic rings. The van der Waals surface area contributed by atoms with E-state index in [1.807, 2.05) is 0 Å². The number of halogens is 2. The third-order valence-corrected chi connectivity index (χ3v) is 0.624. The molecule has 5 heteroatoms. The van der Waals surface area contributed by atoms with Gasteiger partial charge in [0, 0.05) is 0 Å². The van der Waals surface area contributed by atoms with E-state index in [1.165, 1.54) is 0 Å². The molecule has 3 nitrogen and oxygen atoms in total. The Hall–Kier alpha value is -0.870. The van der Waals surface area contributed by atoms with Crippen LogP contribution >= 0.6 is 0 Å². The normalized spacial score (nSPS) is 36.5. The molecule has 0 aliphatic carbocycles. The Bertz CT molecular complexity index is 103. The van der Waals surface area contributed by atoms with Gasteiger partial charge in [-0.2, -0.15) is 8.78 Å². The van der Waals surface area contributed by atoms with Gasteiger partial charge in [0.2, 0.25) is 0 Å². The third kappa shape index (κ3) is 0.706. The van der Waals surface area contributed by atoms with Crippen molar-refractivity contribution in [3.8, 4) is 0 Å². The van der Waals surface area contributed by atoms with E-state index in [2.05, 4.69) is 9.47 Å². The molecule has 0 bridgehead atoms. The van der Waals surface area contributed by atoms with Gasteiger partial charge in [-0.15, -0.1) is 0 Å². The van der Waals surface area contributed by atoms with Gasteiger partial charge < -0.3 is 9.47 Å². The molecule has 0 unspecified atom stereocenters. The smallest absolute Gasteiger partial charge is 0.392 e. The molecule has 2 atom stereocenters. The van der Waals surface area contributed by atoms with Crippen molar-refractivity contribution < 1.29 is 23.0 Å². The Labute approximate surface area is 43.2 Å². The molecule has 0 spiro atoms. The number of ether oxygens (including phenoxy) is 2. The van der Waals surface area contributed by atoms with Crippen LogP contribution < -0.4 is 0 Å². The topological polar surface area (TPSA) is 35.5 Å². The zero-order valence-electron chi connectivity index (χ0n) is 3.64. The average Bonchev–Trinajstić information content (AvgIpc) is 1.85. The number of hydrogen-bond acceptors (Lipinski definition) is 3. The van der Waals surface area contributed by atoms with Crippen LogP contribution in [0.5, 0.6) is 0 Å². The maximum absolute atomic E-state index is 11.6. The van der Waals surface area contributed by atoms with Gasteiger partial charge in [0.05, 0.1) is 0 Å². The predicted molar refractivity (Wildman–Crippen MR) is 17.4 cm³/mol. The summed E-state index contributed by atoms with van der Waals surface area (Å²) in [5, 5.41) is 0. The highest BCUT2D eigenvalue weighted by atomic mass is 19.2. The molecule has 0 radical (unpaired) electrons. The lowest BCUT2D eigenvalue weighted by atomic mass is 10.7. The Balaban J connectivity index is 2.51. The fourth-order valence-electron chi connectivity index (χ4n) is 0.319. The van der Waals surface area contributed by atoms with E-state index in [0.29, 0.717) is 0 Å². The maximum Gasteiger partial charge on any atom is 0.513 e. The van der Waals surface area contributed by atoms with Gasteiger partial charge in [0.1, 0.15) is 0 Å². The molecule has 8 heavy (non-hydrogen) atoms. The molecule has 1 rings (SSSR count). The van der Waals surface area contributed by atoms with Crippen molar-refractivity contribution in [2.24, 2.45) is 0 Å². The minimum atomic E-state index is -2.25. The summed E-state index contributed by atoms with van der Waals surface area (Å²) in [6.45, 7) is 0. The molecule has 1 saturated heterocycles. The molecule has 1 fully saturated rings. The summed E-state index contributed by atoms with van der Waals surface area (Å²) in [5.41, 5.74) is 0. The van der Waals surface area contributed by atoms with Crippen molar-refractivity contribution in [1.82, 2.24) is 0 Å². The van der Waals surface area contributed by atoms with Crippen molar-refractivity contribution in [1.29, 1.82) is 0 Å². The lowest BCUT2D eigenvalue weighted by molar-refractivity contribution is -0.0349. The summed E-state index contributed by atoms with van der Waals surface area (Å²) >= 11 is 0. The van der Waals surface area contributed by atoms with Crippen molar-refractivity contribution in [3.63, 3.8) is 0 Å². The Kier molecular flexibility index (Phi) is 1.04. The van der Waals surface area contributed by atoms with Crippen LogP contribution in [-0.2, 0) is 9.47 Å². The fourth-order valence-corrected chi connectivity index (χ4v) is 0.319. The number of rotatable bonds is 0. The van der Waals surface area contributed by atoms with Crippen molar-refractivity contribution in [2.45, 2.75) is 12.7 Å². The van der Waals surface area contributed by atoms with Gasteiger partial charge in [-0.1, -0.05) is 0 Å². The summed E-state index contributed by atoms with van der Waals surface area (Å²) in [4.78, 5) is 9.74. The average molecular weight is 124 g/mol. The third-order valence-electron chi connectivity index (χ3n) is 0.624. The van der Waals surface area contributed by atoms with Gasteiger partial charge in [0.15, 0.2) is 0 Å². The van der Waals surface area contributed by atoms with E-state index in [1.54, 1.807) is 0 Å².